The van der Waals surface area contributed by atoms with E-state index in [-0.39, 0.29) is 12.0 Å². The SMILES string of the molecule is O=C(O)Cc1ccn(-c2cncc(Nc3ccccc3C(=O)O)n2)c1. The smallest absolute Gasteiger partial charge is 0.337 e. The van der Waals surface area contributed by atoms with Gasteiger partial charge in [0.15, 0.2) is 11.6 Å². The normalized spacial score (nSPS) is 10.4. The van der Waals surface area contributed by atoms with Crippen molar-refractivity contribution in [1.82, 2.24) is 14.5 Å². The van der Waals surface area contributed by atoms with Gasteiger partial charge in [-0.3, -0.25) is 9.78 Å². The molecule has 0 saturated heterocycles. The standard InChI is InChI=1S/C17H14N4O4/c22-16(23)7-11-5-6-21(10-11)15-9-18-8-14(20-15)19-13-4-2-1-3-12(13)17(24)25/h1-6,8-10H,7H2,(H,19,20)(H,22,23)(H,24,25). The molecule has 3 N–H and O–H groups in total. The van der Waals surface area contributed by atoms with Crippen LogP contribution in [0.25, 0.3) is 5.82 Å². The van der Waals surface area contributed by atoms with Crippen molar-refractivity contribution in [3.05, 3.63) is 66.2 Å². The van der Waals surface area contributed by atoms with E-state index < -0.39 is 11.9 Å². The van der Waals surface area contributed by atoms with Gasteiger partial charge in [0, 0.05) is 12.4 Å². The first kappa shape index (κ1) is 16.2. The Morgan fingerprint density at radius 2 is 1.92 bits per heavy atom. The Balaban J connectivity index is 1.86. The molecule has 2 aromatic heterocycles. The quantitative estimate of drug-likeness (QED) is 0.631. The summed E-state index contributed by atoms with van der Waals surface area (Å²) in [7, 11) is 0. The summed E-state index contributed by atoms with van der Waals surface area (Å²) in [5.74, 6) is -1.10. The third-order valence-corrected chi connectivity index (χ3v) is 3.42. The molecule has 0 atom stereocenters. The van der Waals surface area contributed by atoms with Crippen molar-refractivity contribution in [2.45, 2.75) is 6.42 Å². The van der Waals surface area contributed by atoms with Gasteiger partial charge in [-0.05, 0) is 23.8 Å². The molecule has 3 aromatic rings. The lowest BCUT2D eigenvalue weighted by atomic mass is 10.2. The minimum Gasteiger partial charge on any atom is -0.481 e. The highest BCUT2D eigenvalue weighted by Crippen LogP contribution is 2.20. The van der Waals surface area contributed by atoms with E-state index in [1.165, 1.54) is 18.5 Å². The van der Waals surface area contributed by atoms with Gasteiger partial charge in [-0.1, -0.05) is 12.1 Å². The zero-order chi connectivity index (χ0) is 17.8. The Kier molecular flexibility index (Phi) is 4.42. The number of hydrogen-bond acceptors (Lipinski definition) is 5. The lowest BCUT2D eigenvalue weighted by molar-refractivity contribution is -0.136. The Hall–Kier alpha value is -3.68. The van der Waals surface area contributed by atoms with Crippen LogP contribution < -0.4 is 5.32 Å². The number of para-hydroxylation sites is 1. The van der Waals surface area contributed by atoms with Crippen LogP contribution in [-0.4, -0.2) is 36.7 Å². The summed E-state index contributed by atoms with van der Waals surface area (Å²) in [6.45, 7) is 0. The first-order valence-corrected chi connectivity index (χ1v) is 7.33. The Labute approximate surface area is 142 Å². The minimum absolute atomic E-state index is 0.0790. The molecular formula is C17H14N4O4. The Morgan fingerprint density at radius 1 is 1.12 bits per heavy atom. The molecular weight excluding hydrogens is 324 g/mol. The molecule has 0 saturated carbocycles. The van der Waals surface area contributed by atoms with Crippen LogP contribution in [0.4, 0.5) is 11.5 Å². The molecule has 0 bridgehead atoms. The van der Waals surface area contributed by atoms with Crippen LogP contribution in [0.5, 0.6) is 0 Å². The third-order valence-electron chi connectivity index (χ3n) is 3.42. The van der Waals surface area contributed by atoms with Crippen molar-refractivity contribution in [1.29, 1.82) is 0 Å². The van der Waals surface area contributed by atoms with Crippen molar-refractivity contribution in [2.75, 3.05) is 5.32 Å². The lowest BCUT2D eigenvalue weighted by Gasteiger charge is -2.09. The molecule has 0 aliphatic rings. The zero-order valence-electron chi connectivity index (χ0n) is 13.0. The Morgan fingerprint density at radius 3 is 2.68 bits per heavy atom. The number of nitrogens with zero attached hydrogens (tertiary/aromatic N) is 3. The molecule has 1 aromatic carbocycles. The number of aliphatic carboxylic acids is 1. The molecule has 25 heavy (non-hydrogen) atoms. The van der Waals surface area contributed by atoms with Crippen LogP contribution in [0.15, 0.2) is 55.1 Å². The summed E-state index contributed by atoms with van der Waals surface area (Å²) in [5, 5.41) is 21.0. The van der Waals surface area contributed by atoms with E-state index >= 15 is 0 Å². The largest absolute Gasteiger partial charge is 0.481 e. The van der Waals surface area contributed by atoms with Crippen LogP contribution >= 0.6 is 0 Å². The molecule has 0 aliphatic carbocycles. The highest BCUT2D eigenvalue weighted by atomic mass is 16.4. The first-order chi connectivity index (χ1) is 12.0. The number of aromatic carboxylic acids is 1. The highest BCUT2D eigenvalue weighted by molar-refractivity contribution is 5.94. The number of hydrogen-bond donors (Lipinski definition) is 3. The Bertz CT molecular complexity index is 936. The summed E-state index contributed by atoms with van der Waals surface area (Å²) in [4.78, 5) is 30.5. The van der Waals surface area contributed by atoms with Gasteiger partial charge in [0.05, 0.1) is 30.1 Å². The average molecular weight is 338 g/mol. The van der Waals surface area contributed by atoms with Gasteiger partial charge in [0.1, 0.15) is 0 Å². The second-order valence-corrected chi connectivity index (χ2v) is 5.24. The molecule has 0 spiro atoms. The van der Waals surface area contributed by atoms with Crippen LogP contribution in [-0.2, 0) is 11.2 Å². The molecule has 8 heteroatoms. The number of carboxylic acids is 2. The zero-order valence-corrected chi connectivity index (χ0v) is 13.0. The predicted octanol–water partition coefficient (Wildman–Crippen LogP) is 2.34. The van der Waals surface area contributed by atoms with Crippen molar-refractivity contribution in [2.24, 2.45) is 0 Å². The van der Waals surface area contributed by atoms with E-state index in [0.29, 0.717) is 22.9 Å². The molecule has 3 rings (SSSR count). The topological polar surface area (TPSA) is 117 Å². The van der Waals surface area contributed by atoms with Crippen LogP contribution in [0.3, 0.4) is 0 Å². The van der Waals surface area contributed by atoms with Crippen molar-refractivity contribution < 1.29 is 19.8 Å². The average Bonchev–Trinajstić information content (AvgIpc) is 3.03. The summed E-state index contributed by atoms with van der Waals surface area (Å²) in [6, 6.07) is 8.18. The maximum absolute atomic E-state index is 11.3. The van der Waals surface area contributed by atoms with Crippen molar-refractivity contribution in [3.8, 4) is 5.82 Å². The second-order valence-electron chi connectivity index (χ2n) is 5.24. The molecule has 126 valence electrons. The monoisotopic (exact) mass is 338 g/mol. The van der Waals surface area contributed by atoms with Gasteiger partial charge in [-0.15, -0.1) is 0 Å². The van der Waals surface area contributed by atoms with Crippen molar-refractivity contribution >= 4 is 23.4 Å². The predicted molar refractivity (Wildman–Crippen MR) is 89.4 cm³/mol. The molecule has 8 nitrogen and oxygen atoms in total. The number of aromatic nitrogens is 3. The summed E-state index contributed by atoms with van der Waals surface area (Å²) < 4.78 is 1.65. The third kappa shape index (κ3) is 3.81. The fourth-order valence-electron chi connectivity index (χ4n) is 2.32. The van der Waals surface area contributed by atoms with Gasteiger partial charge >= 0.3 is 11.9 Å². The summed E-state index contributed by atoms with van der Waals surface area (Å²) in [6.07, 6.45) is 6.28. The van der Waals surface area contributed by atoms with Gasteiger partial charge in [-0.25, -0.2) is 9.78 Å². The maximum atomic E-state index is 11.3. The lowest BCUT2D eigenvalue weighted by Crippen LogP contribution is -2.05. The van der Waals surface area contributed by atoms with E-state index in [2.05, 4.69) is 15.3 Å². The molecule has 0 radical (unpaired) electrons. The second kappa shape index (κ2) is 6.83. The van der Waals surface area contributed by atoms with E-state index in [1.807, 2.05) is 0 Å². The van der Waals surface area contributed by atoms with Crippen LogP contribution in [0.2, 0.25) is 0 Å². The van der Waals surface area contributed by atoms with E-state index in [1.54, 1.807) is 41.2 Å². The van der Waals surface area contributed by atoms with E-state index in [4.69, 9.17) is 5.11 Å². The van der Waals surface area contributed by atoms with E-state index in [0.717, 1.165) is 0 Å². The highest BCUT2D eigenvalue weighted by Gasteiger charge is 2.10. The molecule has 2 heterocycles. The summed E-state index contributed by atoms with van der Waals surface area (Å²) in [5.41, 5.74) is 1.17. The number of benzene rings is 1. The van der Waals surface area contributed by atoms with Gasteiger partial charge in [-0.2, -0.15) is 0 Å². The fraction of sp³-hybridized carbons (Fsp3) is 0.0588. The maximum Gasteiger partial charge on any atom is 0.337 e. The summed E-state index contributed by atoms with van der Waals surface area (Å²) >= 11 is 0. The van der Waals surface area contributed by atoms with Crippen molar-refractivity contribution in [3.63, 3.8) is 0 Å². The molecule has 0 amide bonds. The molecule has 0 fully saturated rings. The van der Waals surface area contributed by atoms with E-state index in [9.17, 15) is 14.7 Å². The van der Waals surface area contributed by atoms with Gasteiger partial charge in [0.25, 0.3) is 0 Å². The number of carboxylic acid groups (broad SMARTS) is 2. The minimum atomic E-state index is -1.05. The fourth-order valence-corrected chi connectivity index (χ4v) is 2.32. The molecule has 0 unspecified atom stereocenters. The number of carbonyl (C=O) groups is 2. The van der Waals surface area contributed by atoms with Crippen LogP contribution in [0, 0.1) is 0 Å². The first-order valence-electron chi connectivity index (χ1n) is 7.33. The number of rotatable bonds is 6. The number of anilines is 2. The van der Waals surface area contributed by atoms with Gasteiger partial charge in [0.2, 0.25) is 0 Å². The van der Waals surface area contributed by atoms with Gasteiger partial charge < -0.3 is 20.1 Å². The van der Waals surface area contributed by atoms with Crippen LogP contribution in [0.1, 0.15) is 15.9 Å². The number of nitrogens with one attached hydrogen (secondary N) is 1. The molecule has 0 aliphatic heterocycles.